The lowest BCUT2D eigenvalue weighted by atomic mass is 10.1. The average Bonchev–Trinajstić information content (AvgIpc) is 3.20. The van der Waals surface area contributed by atoms with Crippen LogP contribution in [0.3, 0.4) is 0 Å². The molecule has 0 radical (unpaired) electrons. The molecule has 18 heavy (non-hydrogen) atoms. The third-order valence-corrected chi connectivity index (χ3v) is 3.07. The molecule has 2 rings (SSSR count). The number of methoxy groups -OCH3 is 2. The normalized spacial score (nSPS) is 15.6. The fraction of sp³-hybridized carbons (Fsp3) is 0.467. The largest absolute Gasteiger partial charge is 0.493 e. The molecule has 0 saturated heterocycles. The van der Waals surface area contributed by atoms with E-state index in [4.69, 9.17) is 9.47 Å². The first-order valence-corrected chi connectivity index (χ1v) is 6.35. The molecule has 0 amide bonds. The Morgan fingerprint density at radius 3 is 2.61 bits per heavy atom. The van der Waals surface area contributed by atoms with Gasteiger partial charge in [-0.15, -0.1) is 0 Å². The summed E-state index contributed by atoms with van der Waals surface area (Å²) in [5.74, 6) is 1.54. The Bertz CT molecular complexity index is 436. The smallest absolute Gasteiger partial charge is 0.161 e. The second-order valence-corrected chi connectivity index (χ2v) is 4.76. The lowest BCUT2D eigenvalue weighted by Gasteiger charge is -2.08. The van der Waals surface area contributed by atoms with Crippen LogP contribution in [0.4, 0.5) is 0 Å². The van der Waals surface area contributed by atoms with Crippen molar-refractivity contribution in [3.63, 3.8) is 0 Å². The molecule has 0 spiro atoms. The first-order chi connectivity index (χ1) is 8.72. The second-order valence-electron chi connectivity index (χ2n) is 4.76. The Morgan fingerprint density at radius 1 is 1.28 bits per heavy atom. The highest BCUT2D eigenvalue weighted by Crippen LogP contribution is 2.28. The van der Waals surface area contributed by atoms with Gasteiger partial charge in [-0.2, -0.15) is 0 Å². The monoisotopic (exact) mass is 247 g/mol. The number of hydrogen-bond acceptors (Lipinski definition) is 3. The van der Waals surface area contributed by atoms with Crippen molar-refractivity contribution in [2.45, 2.75) is 25.8 Å². The van der Waals surface area contributed by atoms with Crippen molar-refractivity contribution in [1.82, 2.24) is 5.32 Å². The summed E-state index contributed by atoms with van der Waals surface area (Å²) in [6, 6.07) is 6.73. The van der Waals surface area contributed by atoms with Gasteiger partial charge >= 0.3 is 0 Å². The van der Waals surface area contributed by atoms with Gasteiger partial charge in [0.1, 0.15) is 0 Å². The number of nitrogens with one attached hydrogen (secondary N) is 1. The van der Waals surface area contributed by atoms with Gasteiger partial charge in [-0.25, -0.2) is 0 Å². The van der Waals surface area contributed by atoms with Crippen LogP contribution in [0.2, 0.25) is 0 Å². The molecule has 1 N–H and O–H groups in total. The van der Waals surface area contributed by atoms with Crippen molar-refractivity contribution in [2.75, 3.05) is 20.8 Å². The Balaban J connectivity index is 2.04. The van der Waals surface area contributed by atoms with Crippen LogP contribution in [0, 0.1) is 0 Å². The van der Waals surface area contributed by atoms with E-state index in [9.17, 15) is 0 Å². The molecular formula is C15H21NO2. The van der Waals surface area contributed by atoms with Gasteiger partial charge in [0, 0.05) is 12.6 Å². The van der Waals surface area contributed by atoms with E-state index in [2.05, 4.69) is 18.3 Å². The molecule has 3 heteroatoms. The van der Waals surface area contributed by atoms with Gasteiger partial charge in [-0.05, 0) is 37.5 Å². The Hall–Kier alpha value is -1.48. The standard InChI is InChI=1S/C15H21NO2/c1-11(10-16-13-5-6-13)8-12-4-7-14(17-2)15(9-12)18-3/h4,7-9,13,16H,5-6,10H2,1-3H3. The predicted octanol–water partition coefficient (Wildman–Crippen LogP) is 2.86. The number of hydrogen-bond donors (Lipinski definition) is 1. The van der Waals surface area contributed by atoms with E-state index in [1.807, 2.05) is 18.2 Å². The van der Waals surface area contributed by atoms with E-state index in [-0.39, 0.29) is 0 Å². The topological polar surface area (TPSA) is 30.5 Å². The number of ether oxygens (including phenoxy) is 2. The first-order valence-electron chi connectivity index (χ1n) is 6.35. The molecule has 0 atom stereocenters. The lowest BCUT2D eigenvalue weighted by Crippen LogP contribution is -2.18. The van der Waals surface area contributed by atoms with E-state index >= 15 is 0 Å². The van der Waals surface area contributed by atoms with Crippen LogP contribution >= 0.6 is 0 Å². The maximum atomic E-state index is 5.30. The molecule has 0 unspecified atom stereocenters. The summed E-state index contributed by atoms with van der Waals surface area (Å²) < 4.78 is 10.5. The molecule has 1 fully saturated rings. The molecule has 1 aliphatic rings. The summed E-state index contributed by atoms with van der Waals surface area (Å²) in [4.78, 5) is 0. The van der Waals surface area contributed by atoms with Crippen LogP contribution in [0.1, 0.15) is 25.3 Å². The minimum atomic E-state index is 0.749. The third-order valence-electron chi connectivity index (χ3n) is 3.07. The zero-order valence-electron chi connectivity index (χ0n) is 11.3. The lowest BCUT2D eigenvalue weighted by molar-refractivity contribution is 0.355. The van der Waals surface area contributed by atoms with Crippen LogP contribution in [-0.4, -0.2) is 26.8 Å². The Kier molecular flexibility index (Phi) is 4.26. The van der Waals surface area contributed by atoms with Gasteiger partial charge < -0.3 is 14.8 Å². The molecule has 1 aromatic rings. The van der Waals surface area contributed by atoms with Crippen molar-refractivity contribution in [2.24, 2.45) is 0 Å². The van der Waals surface area contributed by atoms with E-state index in [0.717, 1.165) is 29.6 Å². The van der Waals surface area contributed by atoms with Crippen LogP contribution < -0.4 is 14.8 Å². The summed E-state index contributed by atoms with van der Waals surface area (Å²) in [6.45, 7) is 3.10. The first kappa shape index (κ1) is 13.0. The number of benzene rings is 1. The van der Waals surface area contributed by atoms with Crippen LogP contribution in [-0.2, 0) is 0 Å². The maximum absolute atomic E-state index is 5.30. The minimum Gasteiger partial charge on any atom is -0.493 e. The van der Waals surface area contributed by atoms with E-state index in [1.54, 1.807) is 14.2 Å². The molecular weight excluding hydrogens is 226 g/mol. The van der Waals surface area contributed by atoms with E-state index < -0.39 is 0 Å². The summed E-state index contributed by atoms with van der Waals surface area (Å²) in [6.07, 6.45) is 4.82. The van der Waals surface area contributed by atoms with E-state index in [0.29, 0.717) is 0 Å². The van der Waals surface area contributed by atoms with Gasteiger partial charge in [0.05, 0.1) is 14.2 Å². The maximum Gasteiger partial charge on any atom is 0.161 e. The highest BCUT2D eigenvalue weighted by molar-refractivity contribution is 5.58. The third kappa shape index (κ3) is 3.50. The van der Waals surface area contributed by atoms with Crippen molar-refractivity contribution < 1.29 is 9.47 Å². The molecule has 1 aromatic carbocycles. The quantitative estimate of drug-likeness (QED) is 0.838. The van der Waals surface area contributed by atoms with Crippen LogP contribution in [0.15, 0.2) is 23.8 Å². The van der Waals surface area contributed by atoms with Gasteiger partial charge in [0.15, 0.2) is 11.5 Å². The van der Waals surface area contributed by atoms with Crippen LogP contribution in [0.25, 0.3) is 6.08 Å². The summed E-state index contributed by atoms with van der Waals surface area (Å²) in [5, 5.41) is 3.50. The highest BCUT2D eigenvalue weighted by atomic mass is 16.5. The fourth-order valence-corrected chi connectivity index (χ4v) is 1.87. The van der Waals surface area contributed by atoms with Gasteiger partial charge in [0.2, 0.25) is 0 Å². The molecule has 0 bridgehead atoms. The predicted molar refractivity (Wildman–Crippen MR) is 74.2 cm³/mol. The molecule has 1 saturated carbocycles. The summed E-state index contributed by atoms with van der Waals surface area (Å²) >= 11 is 0. The Morgan fingerprint density at radius 2 is 2.00 bits per heavy atom. The van der Waals surface area contributed by atoms with Crippen LogP contribution in [0.5, 0.6) is 11.5 Å². The van der Waals surface area contributed by atoms with Crippen molar-refractivity contribution in [3.05, 3.63) is 29.3 Å². The van der Waals surface area contributed by atoms with Gasteiger partial charge in [-0.1, -0.05) is 17.7 Å². The Labute approximate surface area is 109 Å². The average molecular weight is 247 g/mol. The van der Waals surface area contributed by atoms with E-state index in [1.165, 1.54) is 18.4 Å². The SMILES string of the molecule is COc1ccc(C=C(C)CNC2CC2)cc1OC. The van der Waals surface area contributed by atoms with Crippen molar-refractivity contribution in [3.8, 4) is 11.5 Å². The fourth-order valence-electron chi connectivity index (χ4n) is 1.87. The molecule has 1 aliphatic carbocycles. The number of rotatable bonds is 6. The second kappa shape index (κ2) is 5.91. The molecule has 0 aliphatic heterocycles. The molecule has 98 valence electrons. The molecule has 3 nitrogen and oxygen atoms in total. The highest BCUT2D eigenvalue weighted by Gasteiger charge is 2.19. The summed E-state index contributed by atoms with van der Waals surface area (Å²) in [5.41, 5.74) is 2.47. The molecule has 0 aromatic heterocycles. The van der Waals surface area contributed by atoms with Gasteiger partial charge in [-0.3, -0.25) is 0 Å². The molecule has 0 heterocycles. The minimum absolute atomic E-state index is 0.749. The summed E-state index contributed by atoms with van der Waals surface area (Å²) in [7, 11) is 3.31. The zero-order chi connectivity index (χ0) is 13.0. The van der Waals surface area contributed by atoms with Crippen molar-refractivity contribution >= 4 is 6.08 Å². The zero-order valence-corrected chi connectivity index (χ0v) is 11.3. The van der Waals surface area contributed by atoms with Gasteiger partial charge in [0.25, 0.3) is 0 Å². The van der Waals surface area contributed by atoms with Crippen molar-refractivity contribution in [1.29, 1.82) is 0 Å².